The fourth-order valence-electron chi connectivity index (χ4n) is 8.03. The minimum Gasteiger partial charge on any atom is -0.451 e. The van der Waals surface area contributed by atoms with Gasteiger partial charge in [0.2, 0.25) is 0 Å². The fourth-order valence-corrected chi connectivity index (χ4v) is 8.43. The largest absolute Gasteiger partial charge is 0.451 e. The van der Waals surface area contributed by atoms with E-state index in [2.05, 4.69) is 19.9 Å². The van der Waals surface area contributed by atoms with E-state index in [1.165, 1.54) is 6.92 Å². The highest BCUT2D eigenvalue weighted by Crippen LogP contribution is 2.72. The number of esters is 1. The molecule has 5 heteroatoms. The van der Waals surface area contributed by atoms with Crippen molar-refractivity contribution >= 4 is 29.1 Å². The Morgan fingerprint density at radius 1 is 1.10 bits per heavy atom. The molecule has 156 valence electrons. The first-order valence-corrected chi connectivity index (χ1v) is 11.3. The molecule has 0 bridgehead atoms. The van der Waals surface area contributed by atoms with E-state index >= 15 is 0 Å². The summed E-state index contributed by atoms with van der Waals surface area (Å²) in [7, 11) is 0. The van der Waals surface area contributed by atoms with Gasteiger partial charge in [0.15, 0.2) is 17.2 Å². The maximum absolute atomic E-state index is 12.8. The first-order valence-electron chi connectivity index (χ1n) is 10.9. The standard InChI is InChI=1S/C24H29ClO4/c1-12(26)24(29-13(2)27)8-6-16-14-10-20(25)19-11-21(28)15-9-18(15)23(19,4)17(14)5-7-22(16,24)3/h10-11,14-18H,5-9H2,1-4H3/t14?,15-,16?,17?,18+,22+,23+,24?/m1/s1. The van der Waals surface area contributed by atoms with Crippen molar-refractivity contribution in [2.75, 3.05) is 0 Å². The molecular weight excluding hydrogens is 388 g/mol. The van der Waals surface area contributed by atoms with Crippen molar-refractivity contribution in [2.45, 2.75) is 65.4 Å². The molecule has 4 nitrogen and oxygen atoms in total. The molecule has 0 heterocycles. The molecule has 0 amide bonds. The lowest BCUT2D eigenvalue weighted by molar-refractivity contribution is -0.185. The molecule has 5 aliphatic rings. The molecule has 0 radical (unpaired) electrons. The van der Waals surface area contributed by atoms with Crippen LogP contribution in [0.2, 0.25) is 0 Å². The average molecular weight is 417 g/mol. The van der Waals surface area contributed by atoms with Crippen molar-refractivity contribution in [1.82, 2.24) is 0 Å². The molecule has 3 saturated carbocycles. The lowest BCUT2D eigenvalue weighted by Gasteiger charge is -2.57. The van der Waals surface area contributed by atoms with Gasteiger partial charge < -0.3 is 4.74 Å². The van der Waals surface area contributed by atoms with E-state index in [4.69, 9.17) is 16.3 Å². The van der Waals surface area contributed by atoms with Gasteiger partial charge >= 0.3 is 5.97 Å². The predicted molar refractivity (Wildman–Crippen MR) is 109 cm³/mol. The van der Waals surface area contributed by atoms with Crippen LogP contribution >= 0.6 is 11.6 Å². The second-order valence-corrected chi connectivity index (χ2v) is 10.9. The highest BCUT2D eigenvalue weighted by Gasteiger charge is 2.70. The Hall–Kier alpha value is -1.42. The van der Waals surface area contributed by atoms with Gasteiger partial charge in [0.05, 0.1) is 0 Å². The number of fused-ring (bicyclic) bond motifs is 7. The van der Waals surface area contributed by atoms with Crippen LogP contribution < -0.4 is 0 Å². The monoisotopic (exact) mass is 416 g/mol. The molecular formula is C24H29ClO4. The van der Waals surface area contributed by atoms with E-state index in [-0.39, 0.29) is 46.1 Å². The summed E-state index contributed by atoms with van der Waals surface area (Å²) in [5.41, 5.74) is -0.455. The van der Waals surface area contributed by atoms with Gasteiger partial charge in [0, 0.05) is 28.7 Å². The third-order valence-corrected chi connectivity index (χ3v) is 9.83. The van der Waals surface area contributed by atoms with E-state index in [1.807, 2.05) is 6.08 Å². The number of allylic oxidation sites excluding steroid dienone is 4. The zero-order chi connectivity index (χ0) is 20.9. The number of ketones is 2. The van der Waals surface area contributed by atoms with Crippen LogP contribution in [0.25, 0.3) is 0 Å². The van der Waals surface area contributed by atoms with Gasteiger partial charge in [-0.25, -0.2) is 0 Å². The topological polar surface area (TPSA) is 60.4 Å². The highest BCUT2D eigenvalue weighted by atomic mass is 35.5. The van der Waals surface area contributed by atoms with Gasteiger partial charge in [-0.1, -0.05) is 31.5 Å². The average Bonchev–Trinajstić information content (AvgIpc) is 3.39. The summed E-state index contributed by atoms with van der Waals surface area (Å²) in [6, 6.07) is 0. The molecule has 4 unspecified atom stereocenters. The molecule has 0 N–H and O–H groups in total. The predicted octanol–water partition coefficient (Wildman–Crippen LogP) is 4.61. The molecule has 0 saturated heterocycles. The van der Waals surface area contributed by atoms with Crippen LogP contribution in [0.4, 0.5) is 0 Å². The van der Waals surface area contributed by atoms with Gasteiger partial charge in [-0.2, -0.15) is 0 Å². The third kappa shape index (κ3) is 2.24. The number of hydrogen-bond acceptors (Lipinski definition) is 4. The fraction of sp³-hybridized carbons (Fsp3) is 0.708. The number of rotatable bonds is 2. The van der Waals surface area contributed by atoms with Gasteiger partial charge in [0.25, 0.3) is 0 Å². The number of Topliss-reactive ketones (excluding diaryl/α,β-unsaturated/α-hetero) is 1. The minimum absolute atomic E-state index is 0.0423. The summed E-state index contributed by atoms with van der Waals surface area (Å²) in [6.07, 6.45) is 8.18. The summed E-state index contributed by atoms with van der Waals surface area (Å²) in [4.78, 5) is 37.1. The maximum atomic E-state index is 12.8. The molecule has 0 aromatic rings. The quantitative estimate of drug-likeness (QED) is 0.617. The van der Waals surface area contributed by atoms with E-state index in [0.29, 0.717) is 23.3 Å². The van der Waals surface area contributed by atoms with E-state index in [1.54, 1.807) is 6.92 Å². The van der Waals surface area contributed by atoms with Crippen molar-refractivity contribution in [2.24, 2.45) is 40.4 Å². The molecule has 5 rings (SSSR count). The Bertz CT molecular complexity index is 903. The number of carbonyl (C=O) groups is 3. The smallest absolute Gasteiger partial charge is 0.303 e. The van der Waals surface area contributed by atoms with Crippen LogP contribution in [0, 0.1) is 40.4 Å². The first-order chi connectivity index (χ1) is 13.6. The van der Waals surface area contributed by atoms with Crippen molar-refractivity contribution in [3.05, 3.63) is 22.8 Å². The number of ether oxygens (including phenoxy) is 1. The Kier molecular flexibility index (Phi) is 3.93. The van der Waals surface area contributed by atoms with Crippen LogP contribution in [0.1, 0.15) is 59.8 Å². The SMILES string of the molecule is CC(=O)OC1(C(C)=O)CCC2C3C=C(Cl)C4=CC(=O)[C@@H]5C[C@@H]5[C@]4(C)C3CC[C@@]21C. The molecule has 29 heavy (non-hydrogen) atoms. The number of halogens is 1. The first kappa shape index (κ1) is 19.5. The molecule has 0 aromatic carbocycles. The van der Waals surface area contributed by atoms with Crippen molar-refractivity contribution < 1.29 is 19.1 Å². The molecule has 3 fully saturated rings. The summed E-state index contributed by atoms with van der Waals surface area (Å²) >= 11 is 6.79. The second kappa shape index (κ2) is 5.84. The zero-order valence-corrected chi connectivity index (χ0v) is 18.3. The van der Waals surface area contributed by atoms with Crippen molar-refractivity contribution in [3.63, 3.8) is 0 Å². The van der Waals surface area contributed by atoms with Crippen LogP contribution in [-0.4, -0.2) is 23.1 Å². The lowest BCUT2D eigenvalue weighted by atomic mass is 9.47. The summed E-state index contributed by atoms with van der Waals surface area (Å²) < 4.78 is 5.82. The van der Waals surface area contributed by atoms with E-state index in [9.17, 15) is 14.4 Å². The van der Waals surface area contributed by atoms with Crippen LogP contribution in [0.15, 0.2) is 22.8 Å². The number of hydrogen-bond donors (Lipinski definition) is 0. The second-order valence-electron chi connectivity index (χ2n) is 10.5. The van der Waals surface area contributed by atoms with Gasteiger partial charge in [0.1, 0.15) is 0 Å². The Morgan fingerprint density at radius 2 is 1.79 bits per heavy atom. The van der Waals surface area contributed by atoms with E-state index < -0.39 is 5.60 Å². The molecule has 0 aromatic heterocycles. The summed E-state index contributed by atoms with van der Waals surface area (Å²) in [5.74, 6) is 1.27. The normalized spacial score (nSPS) is 49.7. The Balaban J connectivity index is 1.60. The zero-order valence-electron chi connectivity index (χ0n) is 17.6. The maximum Gasteiger partial charge on any atom is 0.303 e. The lowest BCUT2D eigenvalue weighted by Crippen LogP contribution is -2.58. The third-order valence-electron chi connectivity index (χ3n) is 9.50. The van der Waals surface area contributed by atoms with Gasteiger partial charge in [-0.3, -0.25) is 14.4 Å². The van der Waals surface area contributed by atoms with Gasteiger partial charge in [-0.05, 0) is 74.3 Å². The summed E-state index contributed by atoms with van der Waals surface area (Å²) in [6.45, 7) is 7.42. The Morgan fingerprint density at radius 3 is 2.45 bits per heavy atom. The molecule has 0 aliphatic heterocycles. The molecule has 5 aliphatic carbocycles. The van der Waals surface area contributed by atoms with Crippen LogP contribution in [0.3, 0.4) is 0 Å². The van der Waals surface area contributed by atoms with Crippen molar-refractivity contribution in [3.8, 4) is 0 Å². The highest BCUT2D eigenvalue weighted by molar-refractivity contribution is 6.32. The molecule has 8 atom stereocenters. The van der Waals surface area contributed by atoms with Crippen molar-refractivity contribution in [1.29, 1.82) is 0 Å². The van der Waals surface area contributed by atoms with Crippen LogP contribution in [-0.2, 0) is 19.1 Å². The van der Waals surface area contributed by atoms with E-state index in [0.717, 1.165) is 31.3 Å². The number of carbonyl (C=O) groups excluding carboxylic acids is 3. The molecule has 0 spiro atoms. The van der Waals surface area contributed by atoms with Crippen LogP contribution in [0.5, 0.6) is 0 Å². The summed E-state index contributed by atoms with van der Waals surface area (Å²) in [5, 5.41) is 0.713. The Labute approximate surface area is 177 Å². The minimum atomic E-state index is -1.03. The van der Waals surface area contributed by atoms with Gasteiger partial charge in [-0.15, -0.1) is 0 Å².